The Hall–Kier alpha value is -2.10. The van der Waals surface area contributed by atoms with Gasteiger partial charge in [-0.3, -0.25) is 9.48 Å². The first-order valence-corrected chi connectivity index (χ1v) is 6.84. The van der Waals surface area contributed by atoms with Gasteiger partial charge < -0.3 is 5.32 Å². The number of aryl methyl sites for hydroxylation is 3. The molecule has 2 aromatic rings. The third-order valence-corrected chi connectivity index (χ3v) is 3.33. The molecule has 0 spiro atoms. The van der Waals surface area contributed by atoms with E-state index >= 15 is 0 Å². The highest BCUT2D eigenvalue weighted by atomic mass is 16.1. The number of aromatic nitrogens is 2. The van der Waals surface area contributed by atoms with Gasteiger partial charge in [0.1, 0.15) is 0 Å². The molecule has 0 aliphatic heterocycles. The lowest BCUT2D eigenvalue weighted by Gasteiger charge is -2.13. The lowest BCUT2D eigenvalue weighted by Crippen LogP contribution is -2.18. The number of anilines is 1. The highest BCUT2D eigenvalue weighted by Gasteiger charge is 2.12. The maximum absolute atomic E-state index is 12.1. The van der Waals surface area contributed by atoms with E-state index in [0.29, 0.717) is 6.42 Å². The van der Waals surface area contributed by atoms with E-state index in [1.54, 1.807) is 0 Å². The number of hydrogen-bond acceptors (Lipinski definition) is 2. The Morgan fingerprint density at radius 3 is 2.65 bits per heavy atom. The van der Waals surface area contributed by atoms with Gasteiger partial charge in [-0.1, -0.05) is 17.7 Å². The molecule has 1 amide bonds. The van der Waals surface area contributed by atoms with E-state index in [4.69, 9.17) is 0 Å². The number of rotatable bonds is 4. The Bertz CT molecular complexity index is 616. The largest absolute Gasteiger partial charge is 0.326 e. The van der Waals surface area contributed by atoms with Crippen molar-refractivity contribution in [2.75, 3.05) is 5.32 Å². The van der Waals surface area contributed by atoms with Crippen LogP contribution >= 0.6 is 0 Å². The van der Waals surface area contributed by atoms with Gasteiger partial charge in [-0.25, -0.2) is 0 Å². The number of nitrogens with one attached hydrogen (secondary N) is 1. The smallest absolute Gasteiger partial charge is 0.226 e. The van der Waals surface area contributed by atoms with E-state index in [2.05, 4.69) is 16.5 Å². The first-order valence-electron chi connectivity index (χ1n) is 6.84. The van der Waals surface area contributed by atoms with Crippen LogP contribution < -0.4 is 5.32 Å². The number of hydrogen-bond donors (Lipinski definition) is 1. The van der Waals surface area contributed by atoms with Crippen LogP contribution in [0.2, 0.25) is 0 Å². The van der Waals surface area contributed by atoms with Gasteiger partial charge in [-0.15, -0.1) is 0 Å². The summed E-state index contributed by atoms with van der Waals surface area (Å²) in [6, 6.07) is 8.01. The van der Waals surface area contributed by atoms with E-state index in [1.165, 1.54) is 5.56 Å². The predicted molar refractivity (Wildman–Crippen MR) is 80.8 cm³/mol. The summed E-state index contributed by atoms with van der Waals surface area (Å²) in [5, 5.41) is 7.30. The molecular weight excluding hydrogens is 250 g/mol. The summed E-state index contributed by atoms with van der Waals surface area (Å²) >= 11 is 0. The second-order valence-electron chi connectivity index (χ2n) is 5.36. The van der Waals surface area contributed by atoms with Gasteiger partial charge in [0.05, 0.1) is 11.7 Å². The van der Waals surface area contributed by atoms with Gasteiger partial charge in [0.25, 0.3) is 0 Å². The van der Waals surface area contributed by atoms with Crippen LogP contribution in [0.15, 0.2) is 30.5 Å². The molecule has 0 saturated carbocycles. The fourth-order valence-electron chi connectivity index (χ4n) is 2.20. The fraction of sp³-hybridized carbons (Fsp3) is 0.375. The Morgan fingerprint density at radius 1 is 1.30 bits per heavy atom. The van der Waals surface area contributed by atoms with Crippen LogP contribution in [0.4, 0.5) is 5.69 Å². The van der Waals surface area contributed by atoms with E-state index in [1.807, 2.05) is 56.8 Å². The molecule has 20 heavy (non-hydrogen) atoms. The van der Waals surface area contributed by atoms with Crippen molar-refractivity contribution < 1.29 is 4.79 Å². The lowest BCUT2D eigenvalue weighted by atomic mass is 10.1. The summed E-state index contributed by atoms with van der Waals surface area (Å²) < 4.78 is 1.83. The Morgan fingerprint density at radius 2 is 2.05 bits per heavy atom. The SMILES string of the molecule is Cc1ccc(NC(=O)C[C@@H](C)n2ccc(C)n2)c(C)c1. The highest BCUT2D eigenvalue weighted by Crippen LogP contribution is 2.18. The van der Waals surface area contributed by atoms with Crippen molar-refractivity contribution in [3.63, 3.8) is 0 Å². The van der Waals surface area contributed by atoms with E-state index in [0.717, 1.165) is 16.9 Å². The maximum atomic E-state index is 12.1. The van der Waals surface area contributed by atoms with Gasteiger partial charge in [-0.2, -0.15) is 5.10 Å². The van der Waals surface area contributed by atoms with Crippen LogP contribution in [0.1, 0.15) is 36.2 Å². The second-order valence-corrected chi connectivity index (χ2v) is 5.36. The molecule has 4 nitrogen and oxygen atoms in total. The molecule has 1 aromatic carbocycles. The lowest BCUT2D eigenvalue weighted by molar-refractivity contribution is -0.116. The third kappa shape index (κ3) is 3.47. The minimum Gasteiger partial charge on any atom is -0.326 e. The average molecular weight is 271 g/mol. The third-order valence-electron chi connectivity index (χ3n) is 3.33. The van der Waals surface area contributed by atoms with Crippen LogP contribution in [0.3, 0.4) is 0 Å². The van der Waals surface area contributed by atoms with Crippen LogP contribution in [0.25, 0.3) is 0 Å². The zero-order valence-corrected chi connectivity index (χ0v) is 12.5. The first-order chi connectivity index (χ1) is 9.45. The topological polar surface area (TPSA) is 46.9 Å². The van der Waals surface area contributed by atoms with E-state index < -0.39 is 0 Å². The quantitative estimate of drug-likeness (QED) is 0.926. The van der Waals surface area contributed by atoms with Gasteiger partial charge in [0.15, 0.2) is 0 Å². The molecule has 1 aromatic heterocycles. The molecule has 0 saturated heterocycles. The summed E-state index contributed by atoms with van der Waals surface area (Å²) in [6.07, 6.45) is 2.32. The van der Waals surface area contributed by atoms with Crippen LogP contribution in [-0.2, 0) is 4.79 Å². The van der Waals surface area contributed by atoms with Crippen molar-refractivity contribution in [3.8, 4) is 0 Å². The number of carbonyl (C=O) groups excluding carboxylic acids is 1. The summed E-state index contributed by atoms with van der Waals surface area (Å²) in [5.41, 5.74) is 4.12. The molecule has 1 atom stereocenters. The zero-order chi connectivity index (χ0) is 14.7. The van der Waals surface area contributed by atoms with Gasteiger partial charge in [-0.05, 0) is 45.4 Å². The summed E-state index contributed by atoms with van der Waals surface area (Å²) in [6.45, 7) is 7.98. The minimum absolute atomic E-state index is 0.0117. The molecule has 1 N–H and O–H groups in total. The van der Waals surface area contributed by atoms with E-state index in [-0.39, 0.29) is 11.9 Å². The Kier molecular flexibility index (Phi) is 4.23. The molecule has 0 bridgehead atoms. The highest BCUT2D eigenvalue weighted by molar-refractivity contribution is 5.91. The summed E-state index contributed by atoms with van der Waals surface area (Å²) in [4.78, 5) is 12.1. The maximum Gasteiger partial charge on any atom is 0.226 e. The molecule has 0 aliphatic carbocycles. The van der Waals surface area contributed by atoms with Gasteiger partial charge in [0, 0.05) is 18.3 Å². The molecule has 0 aliphatic rings. The normalized spacial score (nSPS) is 12.2. The molecular formula is C16H21N3O. The second kappa shape index (κ2) is 5.90. The molecule has 0 radical (unpaired) electrons. The molecule has 0 unspecified atom stereocenters. The minimum atomic E-state index is 0.0117. The first kappa shape index (κ1) is 14.3. The molecule has 0 fully saturated rings. The van der Waals surface area contributed by atoms with Crippen molar-refractivity contribution in [2.24, 2.45) is 0 Å². The zero-order valence-electron chi connectivity index (χ0n) is 12.5. The van der Waals surface area contributed by atoms with Crippen LogP contribution in [-0.4, -0.2) is 15.7 Å². The van der Waals surface area contributed by atoms with Crippen LogP contribution in [0.5, 0.6) is 0 Å². The molecule has 4 heteroatoms. The van der Waals surface area contributed by atoms with Crippen molar-refractivity contribution in [2.45, 2.75) is 40.2 Å². The average Bonchev–Trinajstić information content (AvgIpc) is 2.79. The Balaban J connectivity index is 1.98. The summed E-state index contributed by atoms with van der Waals surface area (Å²) in [7, 11) is 0. The monoisotopic (exact) mass is 271 g/mol. The molecule has 2 rings (SSSR count). The Labute approximate surface area is 119 Å². The number of benzene rings is 1. The number of amides is 1. The van der Waals surface area contributed by atoms with Gasteiger partial charge in [0.2, 0.25) is 5.91 Å². The van der Waals surface area contributed by atoms with Crippen molar-refractivity contribution in [1.82, 2.24) is 9.78 Å². The standard InChI is InChI=1S/C16H21N3O/c1-11-5-6-15(12(2)9-11)17-16(20)10-14(4)19-8-7-13(3)18-19/h5-9,14H,10H2,1-4H3,(H,17,20)/t14-/m1/s1. The number of carbonyl (C=O) groups is 1. The molecule has 1 heterocycles. The predicted octanol–water partition coefficient (Wildman–Crippen LogP) is 3.40. The fourth-order valence-corrected chi connectivity index (χ4v) is 2.20. The van der Waals surface area contributed by atoms with Crippen molar-refractivity contribution >= 4 is 11.6 Å². The van der Waals surface area contributed by atoms with Crippen LogP contribution in [0, 0.1) is 20.8 Å². The van der Waals surface area contributed by atoms with Crippen molar-refractivity contribution in [3.05, 3.63) is 47.3 Å². The van der Waals surface area contributed by atoms with Crippen molar-refractivity contribution in [1.29, 1.82) is 0 Å². The summed E-state index contributed by atoms with van der Waals surface area (Å²) in [5.74, 6) is 0.0117. The van der Waals surface area contributed by atoms with Gasteiger partial charge >= 0.3 is 0 Å². The number of nitrogens with zero attached hydrogens (tertiary/aromatic N) is 2. The molecule has 106 valence electrons. The van der Waals surface area contributed by atoms with E-state index in [9.17, 15) is 4.79 Å².